The fourth-order valence-electron chi connectivity index (χ4n) is 2.65. The van der Waals surface area contributed by atoms with Crippen LogP contribution in [0.5, 0.6) is 0 Å². The molecule has 1 amide bonds. The van der Waals surface area contributed by atoms with Crippen LogP contribution in [0.25, 0.3) is 0 Å². The summed E-state index contributed by atoms with van der Waals surface area (Å²) in [4.78, 5) is 23.3. The summed E-state index contributed by atoms with van der Waals surface area (Å²) in [6, 6.07) is 17.4. The molecule has 0 heterocycles. The highest BCUT2D eigenvalue weighted by Crippen LogP contribution is 2.21. The lowest BCUT2D eigenvalue weighted by Gasteiger charge is -2.24. The molecule has 0 aromatic heterocycles. The van der Waals surface area contributed by atoms with Crippen molar-refractivity contribution in [3.8, 4) is 0 Å². The predicted octanol–water partition coefficient (Wildman–Crippen LogP) is 2.49. The van der Waals surface area contributed by atoms with Gasteiger partial charge in [-0.3, -0.25) is 9.59 Å². The van der Waals surface area contributed by atoms with Gasteiger partial charge in [-0.2, -0.15) is 0 Å². The molecule has 3 N–H and O–H groups in total. The summed E-state index contributed by atoms with van der Waals surface area (Å²) in [5, 5.41) is 21.1. The Balaban J connectivity index is 1.94. The minimum absolute atomic E-state index is 0.235. The summed E-state index contributed by atoms with van der Waals surface area (Å²) in [7, 11) is 0. The maximum atomic E-state index is 12.3. The van der Waals surface area contributed by atoms with Crippen LogP contribution in [0.2, 0.25) is 0 Å². The second-order valence-electron chi connectivity index (χ2n) is 6.72. The zero-order valence-electron chi connectivity index (χ0n) is 15.4. The zero-order valence-corrected chi connectivity index (χ0v) is 15.4. The van der Waals surface area contributed by atoms with Crippen LogP contribution in [0, 0.1) is 5.41 Å². The number of nitrogens with one attached hydrogen (secondary N) is 1. The lowest BCUT2D eigenvalue weighted by Crippen LogP contribution is -2.42. The minimum atomic E-state index is -1.36. The van der Waals surface area contributed by atoms with Gasteiger partial charge in [0.05, 0.1) is 31.7 Å². The van der Waals surface area contributed by atoms with Crippen LogP contribution in [0.15, 0.2) is 54.6 Å². The number of carboxylic acid groups (broad SMARTS) is 1. The van der Waals surface area contributed by atoms with E-state index in [1.165, 1.54) is 6.92 Å². The molecule has 0 saturated heterocycles. The number of amides is 1. The second kappa shape index (κ2) is 9.85. The van der Waals surface area contributed by atoms with Crippen molar-refractivity contribution in [2.24, 2.45) is 5.41 Å². The highest BCUT2D eigenvalue weighted by atomic mass is 16.5. The third-order valence-electron chi connectivity index (χ3n) is 4.37. The van der Waals surface area contributed by atoms with E-state index in [-0.39, 0.29) is 6.54 Å². The van der Waals surface area contributed by atoms with Gasteiger partial charge in [0.25, 0.3) is 0 Å². The SMILES string of the molecule is CC(CO)(CC(=O)O)C(=O)NCc1ccccc1COCc1ccccc1. The van der Waals surface area contributed by atoms with Crippen molar-refractivity contribution >= 4 is 11.9 Å². The first-order valence-corrected chi connectivity index (χ1v) is 8.74. The molecule has 0 bridgehead atoms. The Bertz CT molecular complexity index is 762. The van der Waals surface area contributed by atoms with Crippen LogP contribution < -0.4 is 5.32 Å². The van der Waals surface area contributed by atoms with Gasteiger partial charge in [-0.1, -0.05) is 54.6 Å². The van der Waals surface area contributed by atoms with Crippen molar-refractivity contribution in [2.45, 2.75) is 33.1 Å². The van der Waals surface area contributed by atoms with Gasteiger partial charge < -0.3 is 20.3 Å². The molecule has 6 nitrogen and oxygen atoms in total. The first kappa shape index (κ1) is 20.6. The Labute approximate surface area is 158 Å². The van der Waals surface area contributed by atoms with Gasteiger partial charge in [-0.25, -0.2) is 0 Å². The number of carbonyl (C=O) groups excluding carboxylic acids is 1. The van der Waals surface area contributed by atoms with Gasteiger partial charge >= 0.3 is 5.97 Å². The van der Waals surface area contributed by atoms with Crippen molar-refractivity contribution < 1.29 is 24.5 Å². The molecule has 2 rings (SSSR count). The van der Waals surface area contributed by atoms with Crippen LogP contribution in [0.3, 0.4) is 0 Å². The lowest BCUT2D eigenvalue weighted by molar-refractivity contribution is -0.146. The van der Waals surface area contributed by atoms with Crippen molar-refractivity contribution in [2.75, 3.05) is 6.61 Å². The zero-order chi connectivity index (χ0) is 19.7. The van der Waals surface area contributed by atoms with E-state index in [2.05, 4.69) is 5.32 Å². The van der Waals surface area contributed by atoms with E-state index in [4.69, 9.17) is 9.84 Å². The summed E-state index contributed by atoms with van der Waals surface area (Å²) in [5.74, 6) is -1.62. The van der Waals surface area contributed by atoms with Crippen molar-refractivity contribution in [1.82, 2.24) is 5.32 Å². The summed E-state index contributed by atoms with van der Waals surface area (Å²) >= 11 is 0. The molecule has 0 aliphatic carbocycles. The van der Waals surface area contributed by atoms with Gasteiger partial charge in [0, 0.05) is 6.54 Å². The maximum absolute atomic E-state index is 12.3. The number of hydrogen-bond acceptors (Lipinski definition) is 4. The Hall–Kier alpha value is -2.70. The number of rotatable bonds is 10. The molecule has 0 aliphatic heterocycles. The third kappa shape index (κ3) is 6.20. The number of carboxylic acids is 1. The van der Waals surface area contributed by atoms with Crippen LogP contribution in [0.4, 0.5) is 0 Å². The van der Waals surface area contributed by atoms with Gasteiger partial charge in [-0.05, 0) is 23.6 Å². The Morgan fingerprint density at radius 2 is 1.63 bits per heavy atom. The molecule has 2 aromatic carbocycles. The van der Waals surface area contributed by atoms with E-state index in [9.17, 15) is 14.7 Å². The normalized spacial score (nSPS) is 13.0. The number of aliphatic carboxylic acids is 1. The average molecular weight is 371 g/mol. The molecule has 144 valence electrons. The topological polar surface area (TPSA) is 95.9 Å². The van der Waals surface area contributed by atoms with Crippen LogP contribution in [0.1, 0.15) is 30.0 Å². The van der Waals surface area contributed by atoms with Crippen LogP contribution in [-0.4, -0.2) is 28.7 Å². The summed E-state index contributed by atoms with van der Waals surface area (Å²) in [6.45, 7) is 2.02. The molecule has 0 saturated carbocycles. The van der Waals surface area contributed by atoms with E-state index in [1.807, 2.05) is 54.6 Å². The first-order valence-electron chi connectivity index (χ1n) is 8.74. The smallest absolute Gasteiger partial charge is 0.304 e. The van der Waals surface area contributed by atoms with Crippen LogP contribution >= 0.6 is 0 Å². The van der Waals surface area contributed by atoms with E-state index in [0.29, 0.717) is 13.2 Å². The molecule has 0 fully saturated rings. The van der Waals surface area contributed by atoms with Crippen molar-refractivity contribution in [1.29, 1.82) is 0 Å². The Kier molecular flexibility index (Phi) is 7.52. The molecule has 27 heavy (non-hydrogen) atoms. The highest BCUT2D eigenvalue weighted by molar-refractivity contribution is 5.86. The van der Waals surface area contributed by atoms with Gasteiger partial charge in [0.1, 0.15) is 0 Å². The lowest BCUT2D eigenvalue weighted by atomic mass is 9.86. The van der Waals surface area contributed by atoms with Crippen molar-refractivity contribution in [3.63, 3.8) is 0 Å². The quantitative estimate of drug-likeness (QED) is 0.596. The number of ether oxygens (including phenoxy) is 1. The molecule has 0 spiro atoms. The number of carbonyl (C=O) groups is 2. The Morgan fingerprint density at radius 3 is 2.26 bits per heavy atom. The molecule has 0 radical (unpaired) electrons. The molecule has 6 heteroatoms. The third-order valence-corrected chi connectivity index (χ3v) is 4.37. The summed E-state index contributed by atoms with van der Waals surface area (Å²) in [6.07, 6.45) is -0.433. The molecular weight excluding hydrogens is 346 g/mol. The number of hydrogen-bond donors (Lipinski definition) is 3. The Morgan fingerprint density at radius 1 is 1.00 bits per heavy atom. The van der Waals surface area contributed by atoms with Crippen molar-refractivity contribution in [3.05, 3.63) is 71.3 Å². The van der Waals surface area contributed by atoms with E-state index in [1.54, 1.807) is 0 Å². The number of benzene rings is 2. The molecular formula is C21H25NO5. The highest BCUT2D eigenvalue weighted by Gasteiger charge is 2.35. The van der Waals surface area contributed by atoms with Crippen LogP contribution in [-0.2, 0) is 34.1 Å². The van der Waals surface area contributed by atoms with E-state index >= 15 is 0 Å². The minimum Gasteiger partial charge on any atom is -0.481 e. The van der Waals surface area contributed by atoms with Gasteiger partial charge in [0.2, 0.25) is 5.91 Å². The maximum Gasteiger partial charge on any atom is 0.304 e. The van der Waals surface area contributed by atoms with Gasteiger partial charge in [0.15, 0.2) is 0 Å². The average Bonchev–Trinajstić information content (AvgIpc) is 2.67. The monoisotopic (exact) mass is 371 g/mol. The predicted molar refractivity (Wildman–Crippen MR) is 101 cm³/mol. The first-order chi connectivity index (χ1) is 12.9. The molecule has 1 unspecified atom stereocenters. The largest absolute Gasteiger partial charge is 0.481 e. The number of aliphatic hydroxyl groups excluding tert-OH is 1. The van der Waals surface area contributed by atoms with Gasteiger partial charge in [-0.15, -0.1) is 0 Å². The van der Waals surface area contributed by atoms with E-state index < -0.39 is 30.3 Å². The fourth-order valence-corrected chi connectivity index (χ4v) is 2.65. The number of aliphatic hydroxyl groups is 1. The standard InChI is InChI=1S/C21H25NO5/c1-21(15-23,11-19(24)25)20(26)22-12-17-9-5-6-10-18(17)14-27-13-16-7-3-2-4-8-16/h2-10,23H,11-15H2,1H3,(H,22,26)(H,24,25). The fraction of sp³-hybridized carbons (Fsp3) is 0.333. The molecule has 1 atom stereocenters. The molecule has 0 aliphatic rings. The van der Waals surface area contributed by atoms with E-state index in [0.717, 1.165) is 16.7 Å². The summed E-state index contributed by atoms with van der Waals surface area (Å²) in [5.41, 5.74) is 1.55. The summed E-state index contributed by atoms with van der Waals surface area (Å²) < 4.78 is 5.76. The molecule has 2 aromatic rings. The second-order valence-corrected chi connectivity index (χ2v) is 6.72.